The molecule has 2 atom stereocenters. The van der Waals surface area contributed by atoms with Crippen LogP contribution in [0, 0.1) is 13.8 Å². The topological polar surface area (TPSA) is 86.8 Å². The van der Waals surface area contributed by atoms with Crippen molar-refractivity contribution in [2.75, 3.05) is 10.8 Å². The van der Waals surface area contributed by atoms with Gasteiger partial charge in [-0.15, -0.1) is 0 Å². The van der Waals surface area contributed by atoms with Crippen molar-refractivity contribution in [2.45, 2.75) is 64.6 Å². The fourth-order valence-electron chi connectivity index (χ4n) is 4.01. The number of amides is 2. The number of nitrogens with one attached hydrogen (secondary N) is 1. The Kier molecular flexibility index (Phi) is 10.2. The van der Waals surface area contributed by atoms with Gasteiger partial charge in [0.25, 0.3) is 10.0 Å². The number of rotatable bonds is 11. The maximum atomic E-state index is 14.0. The Bertz CT molecular complexity index is 1410. The molecule has 0 bridgehead atoms. The van der Waals surface area contributed by atoms with Gasteiger partial charge in [0.15, 0.2) is 0 Å². The Morgan fingerprint density at radius 2 is 1.62 bits per heavy atom. The molecule has 0 saturated heterocycles. The average molecular weight is 570 g/mol. The van der Waals surface area contributed by atoms with Gasteiger partial charge < -0.3 is 10.2 Å². The van der Waals surface area contributed by atoms with Gasteiger partial charge in [-0.05, 0) is 87.2 Å². The van der Waals surface area contributed by atoms with Gasteiger partial charge in [-0.25, -0.2) is 8.42 Å². The first-order chi connectivity index (χ1) is 18.4. The normalized spacial score (nSPS) is 12.9. The maximum Gasteiger partial charge on any atom is 0.264 e. The largest absolute Gasteiger partial charge is 0.352 e. The molecular formula is C30H36ClN3O4S. The lowest BCUT2D eigenvalue weighted by atomic mass is 10.1. The second kappa shape index (κ2) is 13.1. The van der Waals surface area contributed by atoms with E-state index >= 15 is 0 Å². The third-order valence-electron chi connectivity index (χ3n) is 6.80. The highest BCUT2D eigenvalue weighted by molar-refractivity contribution is 7.92. The summed E-state index contributed by atoms with van der Waals surface area (Å²) < 4.78 is 28.8. The van der Waals surface area contributed by atoms with Crippen molar-refractivity contribution in [3.63, 3.8) is 0 Å². The first-order valence-corrected chi connectivity index (χ1v) is 14.7. The second-order valence-corrected chi connectivity index (χ2v) is 12.0. The van der Waals surface area contributed by atoms with Gasteiger partial charge in [0.2, 0.25) is 11.8 Å². The molecule has 0 heterocycles. The van der Waals surface area contributed by atoms with Crippen LogP contribution >= 0.6 is 11.6 Å². The molecule has 0 radical (unpaired) electrons. The Balaban J connectivity index is 2.04. The molecule has 0 fully saturated rings. The maximum absolute atomic E-state index is 14.0. The van der Waals surface area contributed by atoms with Gasteiger partial charge in [-0.2, -0.15) is 0 Å². The lowest BCUT2D eigenvalue weighted by Crippen LogP contribution is -2.52. The van der Waals surface area contributed by atoms with Crippen LogP contribution < -0.4 is 9.62 Å². The number of hydrogen-bond acceptors (Lipinski definition) is 4. The zero-order chi connectivity index (χ0) is 28.7. The summed E-state index contributed by atoms with van der Waals surface area (Å²) in [5.74, 6) is -0.831. The quantitative estimate of drug-likeness (QED) is 0.331. The number of nitrogens with zero attached hydrogens (tertiary/aromatic N) is 2. The molecule has 2 amide bonds. The fourth-order valence-corrected chi connectivity index (χ4v) is 5.65. The molecule has 9 heteroatoms. The Morgan fingerprint density at radius 1 is 0.923 bits per heavy atom. The molecule has 1 N–H and O–H groups in total. The Labute approximate surface area is 236 Å². The predicted octanol–water partition coefficient (Wildman–Crippen LogP) is 5.48. The number of anilines is 1. The van der Waals surface area contributed by atoms with Crippen molar-refractivity contribution in [1.82, 2.24) is 10.2 Å². The van der Waals surface area contributed by atoms with Gasteiger partial charge in [-0.3, -0.25) is 13.9 Å². The molecule has 0 aliphatic rings. The van der Waals surface area contributed by atoms with E-state index in [-0.39, 0.29) is 23.4 Å². The first kappa shape index (κ1) is 30.2. The second-order valence-electron chi connectivity index (χ2n) is 9.74. The fraction of sp³-hybridized carbons (Fsp3) is 0.333. The first-order valence-electron chi connectivity index (χ1n) is 12.9. The highest BCUT2D eigenvalue weighted by Crippen LogP contribution is 2.26. The number of hydrogen-bond donors (Lipinski definition) is 1. The molecule has 0 aliphatic heterocycles. The molecule has 2 unspecified atom stereocenters. The monoisotopic (exact) mass is 569 g/mol. The van der Waals surface area contributed by atoms with Crippen LogP contribution in [0.5, 0.6) is 0 Å². The number of halogens is 1. The molecule has 208 valence electrons. The van der Waals surface area contributed by atoms with Crippen molar-refractivity contribution in [3.05, 3.63) is 94.5 Å². The highest BCUT2D eigenvalue weighted by Gasteiger charge is 2.32. The van der Waals surface area contributed by atoms with Crippen molar-refractivity contribution in [1.29, 1.82) is 0 Å². The lowest BCUT2D eigenvalue weighted by Gasteiger charge is -2.32. The van der Waals surface area contributed by atoms with Crippen molar-refractivity contribution >= 4 is 39.1 Å². The van der Waals surface area contributed by atoms with E-state index < -0.39 is 28.5 Å². The number of benzene rings is 3. The summed E-state index contributed by atoms with van der Waals surface area (Å²) >= 11 is 6.19. The molecule has 0 aliphatic carbocycles. The third kappa shape index (κ3) is 7.61. The lowest BCUT2D eigenvalue weighted by molar-refractivity contribution is -0.139. The third-order valence-corrected chi connectivity index (χ3v) is 8.82. The minimum atomic E-state index is -4.10. The minimum Gasteiger partial charge on any atom is -0.352 e. The van der Waals surface area contributed by atoms with E-state index in [1.807, 2.05) is 39.8 Å². The summed E-state index contributed by atoms with van der Waals surface area (Å²) in [5.41, 5.74) is 2.99. The molecule has 0 aromatic heterocycles. The van der Waals surface area contributed by atoms with Crippen LogP contribution in [0.1, 0.15) is 43.9 Å². The van der Waals surface area contributed by atoms with Crippen LogP contribution in [-0.4, -0.2) is 43.8 Å². The molecule has 0 saturated carbocycles. The summed E-state index contributed by atoms with van der Waals surface area (Å²) in [5, 5.41) is 3.43. The number of carbonyl (C=O) groups is 2. The van der Waals surface area contributed by atoms with Gasteiger partial charge in [0, 0.05) is 17.6 Å². The Hall–Kier alpha value is -3.36. The summed E-state index contributed by atoms with van der Waals surface area (Å²) in [6.07, 6.45) is 0.733. The summed E-state index contributed by atoms with van der Waals surface area (Å²) in [7, 11) is -4.10. The van der Waals surface area contributed by atoms with E-state index in [0.717, 1.165) is 27.4 Å². The smallest absolute Gasteiger partial charge is 0.264 e. The van der Waals surface area contributed by atoms with E-state index in [4.69, 9.17) is 11.6 Å². The average Bonchev–Trinajstić information content (AvgIpc) is 2.91. The van der Waals surface area contributed by atoms with Crippen LogP contribution in [0.25, 0.3) is 0 Å². The van der Waals surface area contributed by atoms with E-state index in [1.54, 1.807) is 55.5 Å². The van der Waals surface area contributed by atoms with E-state index in [9.17, 15) is 18.0 Å². The SMILES string of the molecule is CCC(C)NC(=O)C(C)N(Cc1cccc(Cl)c1)C(=O)CN(c1ccc(C)c(C)c1)S(=O)(=O)c1ccccc1. The van der Waals surface area contributed by atoms with Crippen LogP contribution in [0.3, 0.4) is 0 Å². The van der Waals surface area contributed by atoms with Crippen LogP contribution in [0.15, 0.2) is 77.7 Å². The number of aryl methyl sites for hydroxylation is 2. The van der Waals surface area contributed by atoms with Crippen molar-refractivity contribution in [2.24, 2.45) is 0 Å². The van der Waals surface area contributed by atoms with Crippen LogP contribution in [0.4, 0.5) is 5.69 Å². The molecule has 3 rings (SSSR count). The zero-order valence-electron chi connectivity index (χ0n) is 23.0. The molecule has 7 nitrogen and oxygen atoms in total. The van der Waals surface area contributed by atoms with E-state index in [0.29, 0.717) is 10.7 Å². The summed E-state index contributed by atoms with van der Waals surface area (Å²) in [4.78, 5) is 28.5. The molecule has 0 spiro atoms. The minimum absolute atomic E-state index is 0.0694. The standard InChI is InChI=1S/C30H36ClN3O4S/c1-6-23(4)32-30(36)24(5)33(19-25-11-10-12-26(31)18-25)29(35)20-34(27-16-15-21(2)22(3)17-27)39(37,38)28-13-8-7-9-14-28/h7-18,23-24H,6,19-20H2,1-5H3,(H,32,36). The predicted molar refractivity (Wildman–Crippen MR) is 156 cm³/mol. The van der Waals surface area contributed by atoms with Gasteiger partial charge >= 0.3 is 0 Å². The summed E-state index contributed by atoms with van der Waals surface area (Å²) in [6.45, 7) is 8.92. The van der Waals surface area contributed by atoms with Crippen LogP contribution in [-0.2, 0) is 26.2 Å². The molecule has 39 heavy (non-hydrogen) atoms. The molecule has 3 aromatic rings. The van der Waals surface area contributed by atoms with Crippen LogP contribution in [0.2, 0.25) is 5.02 Å². The highest BCUT2D eigenvalue weighted by atomic mass is 35.5. The van der Waals surface area contributed by atoms with Crippen molar-refractivity contribution in [3.8, 4) is 0 Å². The summed E-state index contributed by atoms with van der Waals surface area (Å²) in [6, 6.07) is 19.4. The van der Waals surface area contributed by atoms with E-state index in [2.05, 4.69) is 5.32 Å². The number of carbonyl (C=O) groups excluding carboxylic acids is 2. The van der Waals surface area contributed by atoms with Crippen molar-refractivity contribution < 1.29 is 18.0 Å². The Morgan fingerprint density at radius 3 is 2.23 bits per heavy atom. The molecular weight excluding hydrogens is 534 g/mol. The van der Waals surface area contributed by atoms with Gasteiger partial charge in [-0.1, -0.05) is 54.9 Å². The number of sulfonamides is 1. The zero-order valence-corrected chi connectivity index (χ0v) is 24.6. The van der Waals surface area contributed by atoms with Gasteiger partial charge in [0.1, 0.15) is 12.6 Å². The van der Waals surface area contributed by atoms with Gasteiger partial charge in [0.05, 0.1) is 10.6 Å². The molecule has 3 aromatic carbocycles. The van der Waals surface area contributed by atoms with E-state index in [1.165, 1.54) is 17.0 Å².